The first-order valence-electron chi connectivity index (χ1n) is 9.32. The molecule has 0 radical (unpaired) electrons. The predicted octanol–water partition coefficient (Wildman–Crippen LogP) is 2.05. The number of hydrogen-bond acceptors (Lipinski definition) is 3. The summed E-state index contributed by atoms with van der Waals surface area (Å²) in [6, 6.07) is 5.26. The number of hydrogen-bond donors (Lipinski definition) is 4. The van der Waals surface area contributed by atoms with Gasteiger partial charge in [-0.25, -0.2) is 9.18 Å². The van der Waals surface area contributed by atoms with Crippen molar-refractivity contribution in [3.05, 3.63) is 35.6 Å². The molecule has 1 fully saturated rings. The Morgan fingerprint density at radius 2 is 2.04 bits per heavy atom. The van der Waals surface area contributed by atoms with Gasteiger partial charge in [-0.1, -0.05) is 25.5 Å². The van der Waals surface area contributed by atoms with Crippen LogP contribution < -0.4 is 21.3 Å². The van der Waals surface area contributed by atoms with E-state index in [-0.39, 0.29) is 30.4 Å². The molecule has 1 aromatic carbocycles. The lowest BCUT2D eigenvalue weighted by molar-refractivity contribution is -0.124. The van der Waals surface area contributed by atoms with Gasteiger partial charge in [0.15, 0.2) is 0 Å². The standard InChI is InChI=1S/C19H29FN4O2/c1-3-5-17(18(25)23-16-6-4-11-21-13(16)2)24-19(26)22-12-14-7-9-15(20)10-8-14/h7-10,13,16-17,21H,3-6,11-12H2,1-2H3,(H,23,25)(H2,22,24,26). The van der Waals surface area contributed by atoms with Gasteiger partial charge < -0.3 is 21.3 Å². The van der Waals surface area contributed by atoms with Crippen molar-refractivity contribution in [2.24, 2.45) is 0 Å². The first kappa shape index (κ1) is 20.2. The van der Waals surface area contributed by atoms with Crippen molar-refractivity contribution in [1.82, 2.24) is 21.3 Å². The van der Waals surface area contributed by atoms with Crippen molar-refractivity contribution in [2.75, 3.05) is 6.54 Å². The quantitative estimate of drug-likeness (QED) is 0.598. The summed E-state index contributed by atoms with van der Waals surface area (Å²) >= 11 is 0. The second kappa shape index (κ2) is 10.1. The molecule has 3 atom stereocenters. The first-order chi connectivity index (χ1) is 12.5. The van der Waals surface area contributed by atoms with Crippen LogP contribution in [0.4, 0.5) is 9.18 Å². The summed E-state index contributed by atoms with van der Waals surface area (Å²) in [5, 5.41) is 11.9. The minimum Gasteiger partial charge on any atom is -0.350 e. The van der Waals surface area contributed by atoms with E-state index in [4.69, 9.17) is 0 Å². The zero-order valence-electron chi connectivity index (χ0n) is 15.5. The topological polar surface area (TPSA) is 82.3 Å². The summed E-state index contributed by atoms with van der Waals surface area (Å²) in [7, 11) is 0. The molecule has 1 aliphatic rings. The average Bonchev–Trinajstić information content (AvgIpc) is 2.63. The Kier molecular flexibility index (Phi) is 7.84. The number of carbonyl (C=O) groups is 2. The minimum atomic E-state index is -0.567. The van der Waals surface area contributed by atoms with Crippen LogP contribution in [-0.2, 0) is 11.3 Å². The third-order valence-corrected chi connectivity index (χ3v) is 4.65. The molecule has 2 rings (SSSR count). The smallest absolute Gasteiger partial charge is 0.315 e. The molecule has 0 saturated carbocycles. The molecule has 7 heteroatoms. The highest BCUT2D eigenvalue weighted by Gasteiger charge is 2.26. The van der Waals surface area contributed by atoms with Gasteiger partial charge in [0.2, 0.25) is 5.91 Å². The normalized spacial score (nSPS) is 20.9. The maximum Gasteiger partial charge on any atom is 0.315 e. The molecule has 1 saturated heterocycles. The summed E-state index contributed by atoms with van der Waals surface area (Å²) in [6.45, 7) is 5.27. The fourth-order valence-corrected chi connectivity index (χ4v) is 3.08. The maximum absolute atomic E-state index is 12.9. The minimum absolute atomic E-state index is 0.0830. The van der Waals surface area contributed by atoms with E-state index in [1.807, 2.05) is 6.92 Å². The molecule has 0 aromatic heterocycles. The van der Waals surface area contributed by atoms with Crippen LogP contribution in [0.25, 0.3) is 0 Å². The molecular formula is C19H29FN4O2. The number of halogens is 1. The second-order valence-electron chi connectivity index (χ2n) is 6.79. The van der Waals surface area contributed by atoms with E-state index in [1.165, 1.54) is 12.1 Å². The molecule has 0 spiro atoms. The van der Waals surface area contributed by atoms with E-state index in [2.05, 4.69) is 28.2 Å². The Labute approximate surface area is 154 Å². The fourth-order valence-electron chi connectivity index (χ4n) is 3.08. The second-order valence-corrected chi connectivity index (χ2v) is 6.79. The van der Waals surface area contributed by atoms with Crippen molar-refractivity contribution in [3.8, 4) is 0 Å². The summed E-state index contributed by atoms with van der Waals surface area (Å²) in [4.78, 5) is 24.7. The van der Waals surface area contributed by atoms with Crippen LogP contribution in [0.15, 0.2) is 24.3 Å². The van der Waals surface area contributed by atoms with E-state index >= 15 is 0 Å². The number of rotatable bonds is 7. The lowest BCUT2D eigenvalue weighted by Gasteiger charge is -2.32. The molecule has 26 heavy (non-hydrogen) atoms. The fraction of sp³-hybridized carbons (Fsp3) is 0.579. The number of piperidine rings is 1. The van der Waals surface area contributed by atoms with Crippen LogP contribution in [0.1, 0.15) is 45.1 Å². The molecule has 1 aliphatic heterocycles. The van der Waals surface area contributed by atoms with Gasteiger partial charge in [0, 0.05) is 18.6 Å². The van der Waals surface area contributed by atoms with Gasteiger partial charge in [0.1, 0.15) is 11.9 Å². The average molecular weight is 364 g/mol. The Bertz CT molecular complexity index is 594. The number of benzene rings is 1. The van der Waals surface area contributed by atoms with Crippen LogP contribution in [0.3, 0.4) is 0 Å². The van der Waals surface area contributed by atoms with E-state index in [0.717, 1.165) is 31.4 Å². The number of amides is 3. The van der Waals surface area contributed by atoms with E-state index in [9.17, 15) is 14.0 Å². The zero-order valence-corrected chi connectivity index (χ0v) is 15.5. The van der Waals surface area contributed by atoms with Gasteiger partial charge in [0.05, 0.1) is 0 Å². The molecule has 0 aliphatic carbocycles. The number of urea groups is 1. The molecule has 144 valence electrons. The van der Waals surface area contributed by atoms with Gasteiger partial charge >= 0.3 is 6.03 Å². The number of carbonyl (C=O) groups excluding carboxylic acids is 2. The Balaban J connectivity index is 1.84. The van der Waals surface area contributed by atoms with Gasteiger partial charge in [-0.15, -0.1) is 0 Å². The van der Waals surface area contributed by atoms with Gasteiger partial charge in [-0.3, -0.25) is 4.79 Å². The molecule has 3 unspecified atom stereocenters. The molecule has 6 nitrogen and oxygen atoms in total. The summed E-state index contributed by atoms with van der Waals surface area (Å²) < 4.78 is 12.9. The zero-order chi connectivity index (χ0) is 18.9. The molecule has 1 aromatic rings. The van der Waals surface area contributed by atoms with Crippen LogP contribution >= 0.6 is 0 Å². The molecular weight excluding hydrogens is 335 g/mol. The highest BCUT2D eigenvalue weighted by molar-refractivity contribution is 5.87. The van der Waals surface area contributed by atoms with Crippen molar-refractivity contribution in [1.29, 1.82) is 0 Å². The van der Waals surface area contributed by atoms with Crippen LogP contribution in [0, 0.1) is 5.82 Å². The van der Waals surface area contributed by atoms with Gasteiger partial charge in [-0.05, 0) is 50.4 Å². The lowest BCUT2D eigenvalue weighted by Crippen LogP contribution is -2.57. The third kappa shape index (κ3) is 6.29. The van der Waals surface area contributed by atoms with Gasteiger partial charge in [-0.2, -0.15) is 0 Å². The Hall–Kier alpha value is -2.15. The molecule has 4 N–H and O–H groups in total. The highest BCUT2D eigenvalue weighted by Crippen LogP contribution is 2.09. The maximum atomic E-state index is 12.9. The summed E-state index contributed by atoms with van der Waals surface area (Å²) in [5.41, 5.74) is 0.792. The van der Waals surface area contributed by atoms with Gasteiger partial charge in [0.25, 0.3) is 0 Å². The van der Waals surface area contributed by atoms with E-state index < -0.39 is 12.1 Å². The van der Waals surface area contributed by atoms with Crippen molar-refractivity contribution < 1.29 is 14.0 Å². The first-order valence-corrected chi connectivity index (χ1v) is 9.32. The summed E-state index contributed by atoms with van der Waals surface area (Å²) in [6.07, 6.45) is 3.33. The number of nitrogens with one attached hydrogen (secondary N) is 4. The van der Waals surface area contributed by atoms with Crippen LogP contribution in [0.2, 0.25) is 0 Å². The van der Waals surface area contributed by atoms with E-state index in [0.29, 0.717) is 6.42 Å². The lowest BCUT2D eigenvalue weighted by atomic mass is 9.99. The SMILES string of the molecule is CCCC(NC(=O)NCc1ccc(F)cc1)C(=O)NC1CCCNC1C. The van der Waals surface area contributed by atoms with Crippen LogP contribution in [0.5, 0.6) is 0 Å². The monoisotopic (exact) mass is 364 g/mol. The Morgan fingerprint density at radius 1 is 1.31 bits per heavy atom. The predicted molar refractivity (Wildman–Crippen MR) is 99.1 cm³/mol. The van der Waals surface area contributed by atoms with Crippen molar-refractivity contribution in [3.63, 3.8) is 0 Å². The third-order valence-electron chi connectivity index (χ3n) is 4.65. The highest BCUT2D eigenvalue weighted by atomic mass is 19.1. The molecule has 0 bridgehead atoms. The Morgan fingerprint density at radius 3 is 2.69 bits per heavy atom. The van der Waals surface area contributed by atoms with Crippen molar-refractivity contribution >= 4 is 11.9 Å². The molecule has 3 amide bonds. The summed E-state index contributed by atoms with van der Waals surface area (Å²) in [5.74, 6) is -0.464. The molecule has 1 heterocycles. The largest absolute Gasteiger partial charge is 0.350 e. The van der Waals surface area contributed by atoms with Crippen molar-refractivity contribution in [2.45, 2.75) is 64.2 Å². The van der Waals surface area contributed by atoms with Crippen LogP contribution in [-0.4, -0.2) is 36.6 Å². The van der Waals surface area contributed by atoms with E-state index in [1.54, 1.807) is 12.1 Å².